The van der Waals surface area contributed by atoms with Gasteiger partial charge >= 0.3 is 0 Å². The van der Waals surface area contributed by atoms with Crippen LogP contribution in [0.25, 0.3) is 0 Å². The van der Waals surface area contributed by atoms with Crippen molar-refractivity contribution in [2.45, 2.75) is 38.6 Å². The van der Waals surface area contributed by atoms with Gasteiger partial charge in [-0.3, -0.25) is 9.59 Å². The van der Waals surface area contributed by atoms with Crippen molar-refractivity contribution in [3.63, 3.8) is 0 Å². The van der Waals surface area contributed by atoms with E-state index >= 15 is 0 Å². The third-order valence-corrected chi connectivity index (χ3v) is 7.60. The van der Waals surface area contributed by atoms with E-state index in [2.05, 4.69) is 5.32 Å². The lowest BCUT2D eigenvalue weighted by atomic mass is 9.99. The van der Waals surface area contributed by atoms with E-state index in [0.29, 0.717) is 31.6 Å². The van der Waals surface area contributed by atoms with Gasteiger partial charge < -0.3 is 10.2 Å². The molecule has 0 unspecified atom stereocenters. The van der Waals surface area contributed by atoms with Gasteiger partial charge in [0.2, 0.25) is 15.9 Å². The van der Waals surface area contributed by atoms with Crippen molar-refractivity contribution in [2.75, 3.05) is 31.9 Å². The van der Waals surface area contributed by atoms with E-state index in [-0.39, 0.29) is 36.1 Å². The number of benzene rings is 1. The molecule has 3 rings (SSSR count). The van der Waals surface area contributed by atoms with Crippen LogP contribution in [0.5, 0.6) is 0 Å². The van der Waals surface area contributed by atoms with Crippen molar-refractivity contribution in [2.24, 2.45) is 5.92 Å². The van der Waals surface area contributed by atoms with Gasteiger partial charge in [0.05, 0.1) is 11.7 Å². The first-order chi connectivity index (χ1) is 13.4. The average molecular weight is 408 g/mol. The van der Waals surface area contributed by atoms with Gasteiger partial charge in [0.25, 0.3) is 5.91 Å². The summed E-state index contributed by atoms with van der Waals surface area (Å²) < 4.78 is 26.1. The van der Waals surface area contributed by atoms with Crippen LogP contribution >= 0.6 is 0 Å². The lowest BCUT2D eigenvalue weighted by molar-refractivity contribution is -0.126. The molecule has 1 heterocycles. The quantitative estimate of drug-likeness (QED) is 0.822. The van der Waals surface area contributed by atoms with Crippen LogP contribution in [-0.2, 0) is 14.8 Å². The highest BCUT2D eigenvalue weighted by atomic mass is 32.2. The second-order valence-electron chi connectivity index (χ2n) is 7.41. The highest BCUT2D eigenvalue weighted by molar-refractivity contribution is 7.89. The summed E-state index contributed by atoms with van der Waals surface area (Å²) in [6.45, 7) is 2.98. The van der Waals surface area contributed by atoms with E-state index in [1.807, 2.05) is 18.2 Å². The van der Waals surface area contributed by atoms with Crippen molar-refractivity contribution in [3.05, 3.63) is 35.9 Å². The monoisotopic (exact) mass is 407 g/mol. The summed E-state index contributed by atoms with van der Waals surface area (Å²) in [4.78, 5) is 27.7. The molecule has 7 nitrogen and oxygen atoms in total. The summed E-state index contributed by atoms with van der Waals surface area (Å²) >= 11 is 0. The van der Waals surface area contributed by atoms with Gasteiger partial charge in [-0.15, -0.1) is 0 Å². The van der Waals surface area contributed by atoms with Crippen LogP contribution in [-0.4, -0.2) is 67.4 Å². The van der Waals surface area contributed by atoms with Gasteiger partial charge in [0.1, 0.15) is 0 Å². The highest BCUT2D eigenvalue weighted by Crippen LogP contribution is 2.31. The summed E-state index contributed by atoms with van der Waals surface area (Å²) in [5.74, 6) is -0.376. The van der Waals surface area contributed by atoms with E-state index in [0.717, 1.165) is 19.3 Å². The van der Waals surface area contributed by atoms with Gasteiger partial charge in [-0.05, 0) is 38.3 Å². The van der Waals surface area contributed by atoms with Crippen LogP contribution in [0.1, 0.15) is 43.0 Å². The van der Waals surface area contributed by atoms with Crippen molar-refractivity contribution < 1.29 is 18.0 Å². The van der Waals surface area contributed by atoms with Gasteiger partial charge in [-0.25, -0.2) is 12.7 Å². The standard InChI is InChI=1S/C20H29N3O4S/c1-2-28(26,27)22-13-7-14-23(20(25)16-8-4-3-5-9-16)18-11-6-10-17(18)19(24)21-12-15-22/h3-5,8-9,17-18H,2,6-7,10-15H2,1H3,(H,21,24)/t17-,18+/m1/s1. The molecule has 28 heavy (non-hydrogen) atoms. The third kappa shape index (κ3) is 4.55. The molecule has 1 N–H and O–H groups in total. The molecule has 0 bridgehead atoms. The summed E-state index contributed by atoms with van der Waals surface area (Å²) in [5.41, 5.74) is 0.599. The lowest BCUT2D eigenvalue weighted by Crippen LogP contribution is -2.47. The van der Waals surface area contributed by atoms with Crippen LogP contribution in [0.3, 0.4) is 0 Å². The number of hydrogen-bond acceptors (Lipinski definition) is 4. The molecular weight excluding hydrogens is 378 g/mol. The minimum absolute atomic E-state index is 0.0266. The zero-order chi connectivity index (χ0) is 20.1. The molecule has 1 aliphatic heterocycles. The zero-order valence-electron chi connectivity index (χ0n) is 16.3. The maximum absolute atomic E-state index is 13.2. The minimum Gasteiger partial charge on any atom is -0.354 e. The molecule has 2 fully saturated rings. The number of carbonyl (C=O) groups is 2. The maximum Gasteiger partial charge on any atom is 0.254 e. The zero-order valence-corrected chi connectivity index (χ0v) is 17.2. The Balaban J connectivity index is 1.86. The first-order valence-corrected chi connectivity index (χ1v) is 11.7. The van der Waals surface area contributed by atoms with Crippen LogP contribution in [0, 0.1) is 5.92 Å². The second-order valence-corrected chi connectivity index (χ2v) is 9.67. The SMILES string of the molecule is CCS(=O)(=O)N1CCCN(C(=O)c2ccccc2)[C@H]2CCC[C@H]2C(=O)NCC1. The number of hydrogen-bond donors (Lipinski definition) is 1. The number of sulfonamides is 1. The van der Waals surface area contributed by atoms with Crippen molar-refractivity contribution in [1.82, 2.24) is 14.5 Å². The first-order valence-electron chi connectivity index (χ1n) is 10.1. The highest BCUT2D eigenvalue weighted by Gasteiger charge is 2.39. The second kappa shape index (κ2) is 9.05. The number of rotatable bonds is 3. The predicted octanol–water partition coefficient (Wildman–Crippen LogP) is 1.47. The van der Waals surface area contributed by atoms with E-state index < -0.39 is 10.0 Å². The summed E-state index contributed by atoms with van der Waals surface area (Å²) in [5, 5.41) is 2.89. The molecule has 1 saturated carbocycles. The first kappa shape index (κ1) is 20.8. The van der Waals surface area contributed by atoms with Gasteiger partial charge in [0, 0.05) is 37.8 Å². The van der Waals surface area contributed by atoms with Gasteiger partial charge in [-0.2, -0.15) is 0 Å². The van der Waals surface area contributed by atoms with E-state index in [1.165, 1.54) is 4.31 Å². The largest absolute Gasteiger partial charge is 0.354 e. The summed E-state index contributed by atoms with van der Waals surface area (Å²) in [6, 6.07) is 8.95. The molecule has 2 amide bonds. The molecule has 2 atom stereocenters. The smallest absolute Gasteiger partial charge is 0.254 e. The Hall–Kier alpha value is -1.93. The molecule has 1 aromatic carbocycles. The fourth-order valence-electron chi connectivity index (χ4n) is 4.21. The topological polar surface area (TPSA) is 86.8 Å². The molecule has 1 aliphatic carbocycles. The Kier molecular flexibility index (Phi) is 6.72. The molecule has 0 spiro atoms. The number of carbonyl (C=O) groups excluding carboxylic acids is 2. The Labute approximate surface area is 167 Å². The average Bonchev–Trinajstić information content (AvgIpc) is 3.18. The lowest BCUT2D eigenvalue weighted by Gasteiger charge is -2.33. The van der Waals surface area contributed by atoms with E-state index in [4.69, 9.17) is 0 Å². The maximum atomic E-state index is 13.2. The van der Waals surface area contributed by atoms with Gasteiger partial charge in [-0.1, -0.05) is 24.6 Å². The minimum atomic E-state index is -3.35. The third-order valence-electron chi connectivity index (χ3n) is 5.72. The predicted molar refractivity (Wildman–Crippen MR) is 107 cm³/mol. The molecule has 1 aromatic rings. The van der Waals surface area contributed by atoms with Crippen molar-refractivity contribution in [3.8, 4) is 0 Å². The number of nitrogens with one attached hydrogen (secondary N) is 1. The van der Waals surface area contributed by atoms with Crippen LogP contribution < -0.4 is 5.32 Å². The normalized spacial score (nSPS) is 24.9. The molecule has 0 radical (unpaired) electrons. The fourth-order valence-corrected chi connectivity index (χ4v) is 5.35. The fraction of sp³-hybridized carbons (Fsp3) is 0.600. The Morgan fingerprint density at radius 2 is 1.86 bits per heavy atom. The molecule has 2 aliphatic rings. The van der Waals surface area contributed by atoms with E-state index in [1.54, 1.807) is 24.0 Å². The van der Waals surface area contributed by atoms with Crippen LogP contribution in [0.15, 0.2) is 30.3 Å². The Morgan fingerprint density at radius 1 is 1.11 bits per heavy atom. The summed E-state index contributed by atoms with van der Waals surface area (Å²) in [6.07, 6.45) is 3.02. The molecule has 0 aromatic heterocycles. The Bertz CT molecular complexity index is 797. The Morgan fingerprint density at radius 3 is 2.57 bits per heavy atom. The van der Waals surface area contributed by atoms with Crippen LogP contribution in [0.2, 0.25) is 0 Å². The number of nitrogens with zero attached hydrogens (tertiary/aromatic N) is 2. The van der Waals surface area contributed by atoms with Crippen molar-refractivity contribution >= 4 is 21.8 Å². The molecule has 1 saturated heterocycles. The number of fused-ring (bicyclic) bond motifs is 1. The van der Waals surface area contributed by atoms with E-state index in [9.17, 15) is 18.0 Å². The summed E-state index contributed by atoms with van der Waals surface area (Å²) in [7, 11) is -3.35. The molecular formula is C20H29N3O4S. The number of amides is 2. The van der Waals surface area contributed by atoms with Crippen LogP contribution in [0.4, 0.5) is 0 Å². The molecule has 154 valence electrons. The van der Waals surface area contributed by atoms with Crippen molar-refractivity contribution in [1.29, 1.82) is 0 Å². The van der Waals surface area contributed by atoms with Gasteiger partial charge in [0.15, 0.2) is 0 Å². The molecule has 8 heteroatoms.